The second-order valence-corrected chi connectivity index (χ2v) is 7.86. The monoisotopic (exact) mass is 368 g/mol. The predicted molar refractivity (Wildman–Crippen MR) is 112 cm³/mol. The fraction of sp³-hybridized carbons (Fsp3) is 0.440. The molecule has 1 fully saturated rings. The molecule has 3 rings (SSSR count). The van der Waals surface area contributed by atoms with Gasteiger partial charge in [-0.15, -0.1) is 6.58 Å². The van der Waals surface area contributed by atoms with Crippen LogP contribution in [-0.4, -0.2) is 0 Å². The average molecular weight is 369 g/mol. The summed E-state index contributed by atoms with van der Waals surface area (Å²) in [7, 11) is 0. The van der Waals surface area contributed by atoms with E-state index in [2.05, 4.69) is 25.6 Å². The molecular weight excluding hydrogens is 338 g/mol. The van der Waals surface area contributed by atoms with Crippen molar-refractivity contribution in [3.05, 3.63) is 66.0 Å². The molecule has 0 spiro atoms. The summed E-state index contributed by atoms with van der Waals surface area (Å²) in [5.41, 5.74) is 1.66. The van der Waals surface area contributed by atoms with Crippen LogP contribution in [-0.2, 0) is 6.42 Å². The lowest BCUT2D eigenvalue weighted by molar-refractivity contribution is 0.305. The molecule has 0 bridgehead atoms. The Morgan fingerprint density at radius 3 is 2.41 bits per heavy atom. The largest absolute Gasteiger partial charge is 0.208 e. The lowest BCUT2D eigenvalue weighted by Crippen LogP contribution is -2.14. The molecule has 0 radical (unpaired) electrons. The molecule has 0 nitrogen and oxygen atoms in total. The first-order valence-electron chi connectivity index (χ1n) is 10.3. The lowest BCUT2D eigenvalue weighted by atomic mass is 9.81. The fourth-order valence-electron chi connectivity index (χ4n) is 4.09. The predicted octanol–water partition coefficient (Wildman–Crippen LogP) is 8.17. The van der Waals surface area contributed by atoms with Gasteiger partial charge in [-0.2, -0.15) is 0 Å². The molecule has 0 saturated heterocycles. The Hall–Kier alpha value is -1.96. The van der Waals surface area contributed by atoms with E-state index in [4.69, 9.17) is 0 Å². The van der Waals surface area contributed by atoms with Gasteiger partial charge in [0.25, 0.3) is 0 Å². The number of hydrogen-bond donors (Lipinski definition) is 0. The van der Waals surface area contributed by atoms with Gasteiger partial charge in [0.15, 0.2) is 5.83 Å². The number of fused-ring (bicyclic) bond motifs is 1. The van der Waals surface area contributed by atoms with Gasteiger partial charge in [-0.25, -0.2) is 8.78 Å². The van der Waals surface area contributed by atoms with Crippen LogP contribution in [0.25, 0.3) is 16.6 Å². The summed E-state index contributed by atoms with van der Waals surface area (Å²) in [4.78, 5) is 0. The summed E-state index contributed by atoms with van der Waals surface area (Å²) in [6.07, 6.45) is 9.84. The van der Waals surface area contributed by atoms with Crippen LogP contribution in [0.2, 0.25) is 0 Å². The Balaban J connectivity index is 1.77. The number of aryl methyl sites for hydroxylation is 1. The molecule has 1 saturated carbocycles. The Kier molecular flexibility index (Phi) is 6.82. The van der Waals surface area contributed by atoms with E-state index in [1.54, 1.807) is 12.1 Å². The van der Waals surface area contributed by atoms with Crippen molar-refractivity contribution in [2.24, 2.45) is 11.8 Å². The molecule has 0 N–H and O–H groups in total. The molecule has 27 heavy (non-hydrogen) atoms. The summed E-state index contributed by atoms with van der Waals surface area (Å²) < 4.78 is 29.5. The summed E-state index contributed by atoms with van der Waals surface area (Å²) >= 11 is 0. The third-order valence-electron chi connectivity index (χ3n) is 5.90. The lowest BCUT2D eigenvalue weighted by Gasteiger charge is -2.25. The molecule has 1 aliphatic rings. The van der Waals surface area contributed by atoms with E-state index in [9.17, 15) is 8.78 Å². The molecule has 0 amide bonds. The van der Waals surface area contributed by atoms with Gasteiger partial charge >= 0.3 is 0 Å². The SMILES string of the molecule is C=CC1CCC(C(F)=C(F)c2ccc3cc(CCCCC)ccc3c2)CC1. The van der Waals surface area contributed by atoms with Crippen LogP contribution in [0, 0.1) is 11.8 Å². The fourth-order valence-corrected chi connectivity index (χ4v) is 4.09. The Bertz CT molecular complexity index is 810. The topological polar surface area (TPSA) is 0 Å². The zero-order valence-corrected chi connectivity index (χ0v) is 16.3. The average Bonchev–Trinajstić information content (AvgIpc) is 2.72. The van der Waals surface area contributed by atoms with Crippen LogP contribution in [0.3, 0.4) is 0 Å². The van der Waals surface area contributed by atoms with Crippen molar-refractivity contribution in [1.82, 2.24) is 0 Å². The molecule has 1 aliphatic carbocycles. The van der Waals surface area contributed by atoms with Crippen molar-refractivity contribution in [3.63, 3.8) is 0 Å². The first-order chi connectivity index (χ1) is 13.1. The molecule has 2 aromatic rings. The van der Waals surface area contributed by atoms with Gasteiger partial charge in [-0.1, -0.05) is 56.2 Å². The second-order valence-electron chi connectivity index (χ2n) is 7.86. The van der Waals surface area contributed by atoms with Gasteiger partial charge < -0.3 is 0 Å². The number of hydrogen-bond acceptors (Lipinski definition) is 0. The Morgan fingerprint density at radius 2 is 1.70 bits per heavy atom. The maximum atomic E-state index is 14.8. The molecule has 0 aromatic heterocycles. The first-order valence-corrected chi connectivity index (χ1v) is 10.3. The van der Waals surface area contributed by atoms with Gasteiger partial charge in [-0.3, -0.25) is 0 Å². The van der Waals surface area contributed by atoms with E-state index in [0.717, 1.165) is 30.0 Å². The van der Waals surface area contributed by atoms with Crippen LogP contribution in [0.1, 0.15) is 63.0 Å². The second kappa shape index (κ2) is 9.30. The number of benzene rings is 2. The van der Waals surface area contributed by atoms with Gasteiger partial charge in [0.2, 0.25) is 0 Å². The highest BCUT2D eigenvalue weighted by Crippen LogP contribution is 2.38. The van der Waals surface area contributed by atoms with E-state index >= 15 is 0 Å². The van der Waals surface area contributed by atoms with Crippen molar-refractivity contribution < 1.29 is 8.78 Å². The van der Waals surface area contributed by atoms with Crippen molar-refractivity contribution >= 4 is 16.6 Å². The first kappa shape index (κ1) is 19.8. The van der Waals surface area contributed by atoms with E-state index in [0.29, 0.717) is 24.3 Å². The number of halogens is 2. The van der Waals surface area contributed by atoms with Gasteiger partial charge in [0.05, 0.1) is 0 Å². The number of allylic oxidation sites excluding steroid dienone is 2. The molecule has 0 heterocycles. The minimum Gasteiger partial charge on any atom is -0.208 e. The summed E-state index contributed by atoms with van der Waals surface area (Å²) in [5, 5.41) is 2.05. The smallest absolute Gasteiger partial charge is 0.162 e. The van der Waals surface area contributed by atoms with Gasteiger partial charge in [0, 0.05) is 11.5 Å². The minimum atomic E-state index is -0.689. The maximum Gasteiger partial charge on any atom is 0.162 e. The number of unbranched alkanes of at least 4 members (excludes halogenated alkanes) is 2. The maximum absolute atomic E-state index is 14.8. The molecule has 0 aliphatic heterocycles. The molecule has 2 heteroatoms. The normalized spacial score (nSPS) is 21.1. The molecule has 0 atom stereocenters. The Morgan fingerprint density at radius 1 is 1.00 bits per heavy atom. The van der Waals surface area contributed by atoms with E-state index < -0.39 is 11.7 Å². The van der Waals surface area contributed by atoms with Crippen LogP contribution >= 0.6 is 0 Å². The molecule has 144 valence electrons. The van der Waals surface area contributed by atoms with Crippen molar-refractivity contribution in [3.8, 4) is 0 Å². The quantitative estimate of drug-likeness (QED) is 0.341. The van der Waals surface area contributed by atoms with E-state index in [1.807, 2.05) is 18.2 Å². The van der Waals surface area contributed by atoms with Crippen LogP contribution in [0.15, 0.2) is 54.9 Å². The van der Waals surface area contributed by atoms with Crippen LogP contribution in [0.4, 0.5) is 8.78 Å². The third-order valence-corrected chi connectivity index (χ3v) is 5.90. The van der Waals surface area contributed by atoms with E-state index in [-0.39, 0.29) is 5.92 Å². The summed E-state index contributed by atoms with van der Waals surface area (Å²) in [5.74, 6) is -1.11. The van der Waals surface area contributed by atoms with E-state index in [1.165, 1.54) is 24.8 Å². The zero-order valence-electron chi connectivity index (χ0n) is 16.3. The molecule has 2 aromatic carbocycles. The third kappa shape index (κ3) is 4.86. The standard InChI is InChI=1S/C25H30F2/c1-3-5-6-7-19-10-13-22-17-23(15-14-21(22)16-19)25(27)24(26)20-11-8-18(4-2)9-12-20/h4,10,13-18,20H,2-3,5-9,11-12H2,1H3. The Labute approximate surface area is 162 Å². The highest BCUT2D eigenvalue weighted by atomic mass is 19.2. The van der Waals surface area contributed by atoms with Crippen molar-refractivity contribution in [1.29, 1.82) is 0 Å². The van der Waals surface area contributed by atoms with Crippen molar-refractivity contribution in [2.45, 2.75) is 58.3 Å². The molecular formula is C25H30F2. The number of rotatable bonds is 7. The summed E-state index contributed by atoms with van der Waals surface area (Å²) in [6.45, 7) is 6.02. The van der Waals surface area contributed by atoms with Crippen LogP contribution in [0.5, 0.6) is 0 Å². The molecule has 0 unspecified atom stereocenters. The minimum absolute atomic E-state index is 0.294. The highest BCUT2D eigenvalue weighted by Gasteiger charge is 2.25. The van der Waals surface area contributed by atoms with Crippen LogP contribution < -0.4 is 0 Å². The highest BCUT2D eigenvalue weighted by molar-refractivity contribution is 5.86. The van der Waals surface area contributed by atoms with Gasteiger partial charge in [-0.05, 0) is 66.8 Å². The van der Waals surface area contributed by atoms with Gasteiger partial charge in [0.1, 0.15) is 5.83 Å². The van der Waals surface area contributed by atoms with Crippen molar-refractivity contribution in [2.75, 3.05) is 0 Å². The summed E-state index contributed by atoms with van der Waals surface area (Å²) in [6, 6.07) is 11.7. The zero-order chi connectivity index (χ0) is 19.2.